The van der Waals surface area contributed by atoms with Crippen LogP contribution in [-0.4, -0.2) is 20.1 Å². The Labute approximate surface area is 154 Å². The van der Waals surface area contributed by atoms with Crippen molar-refractivity contribution in [2.75, 3.05) is 5.32 Å². The summed E-state index contributed by atoms with van der Waals surface area (Å²) >= 11 is 8.45. The summed E-state index contributed by atoms with van der Waals surface area (Å²) in [6, 6.07) is 11.3. The number of nitrogens with zero attached hydrogens (tertiary/aromatic N) is 3. The summed E-state index contributed by atoms with van der Waals surface area (Å²) in [6.07, 6.45) is 0. The van der Waals surface area contributed by atoms with Crippen LogP contribution in [-0.2, 0) is 0 Å². The molecule has 0 saturated heterocycles. The van der Waals surface area contributed by atoms with Gasteiger partial charge >= 0.3 is 0 Å². The maximum Gasteiger partial charge on any atom is 0.271 e. The number of nitro groups is 1. The Kier molecular flexibility index (Phi) is 4.72. The Morgan fingerprint density at radius 2 is 2.08 bits per heavy atom. The summed E-state index contributed by atoms with van der Waals surface area (Å²) < 4.78 is 0.777. The number of aromatic nitrogens is 1. The molecule has 8 nitrogen and oxygen atoms in total. The zero-order chi connectivity index (χ0) is 18.0. The van der Waals surface area contributed by atoms with Crippen molar-refractivity contribution in [2.24, 2.45) is 10.2 Å². The molecular formula is C15H10BrN5O3S. The summed E-state index contributed by atoms with van der Waals surface area (Å²) in [5.74, 6) is -0.135. The standard InChI is InChI=1S/C15H10BrN5O3S/c16-11-6-2-5-10-12(11)18-14(22)13(10)19-20-15(25)17-8-3-1-4-9(7-8)21(23)24/h1-7,18,22H,(H,17,25). The predicted octanol–water partition coefficient (Wildman–Crippen LogP) is 5.02. The van der Waals surface area contributed by atoms with E-state index in [1.54, 1.807) is 18.2 Å². The van der Waals surface area contributed by atoms with E-state index in [1.165, 1.54) is 18.2 Å². The Hall–Kier alpha value is -2.85. The summed E-state index contributed by atoms with van der Waals surface area (Å²) in [7, 11) is 0. The van der Waals surface area contributed by atoms with Gasteiger partial charge in [0.25, 0.3) is 5.69 Å². The zero-order valence-corrected chi connectivity index (χ0v) is 14.8. The average Bonchev–Trinajstić information content (AvgIpc) is 2.90. The van der Waals surface area contributed by atoms with Gasteiger partial charge in [0.1, 0.15) is 0 Å². The molecule has 25 heavy (non-hydrogen) atoms. The second kappa shape index (κ2) is 6.95. The van der Waals surface area contributed by atoms with Crippen molar-refractivity contribution in [3.63, 3.8) is 0 Å². The highest BCUT2D eigenvalue weighted by atomic mass is 79.9. The van der Waals surface area contributed by atoms with Gasteiger partial charge in [-0.3, -0.25) is 10.1 Å². The number of rotatable bonds is 3. The SMILES string of the molecule is O=[N+]([O-])c1cccc(NC(=S)N=Nc2c(O)[nH]c3c(Br)cccc23)c1. The lowest BCUT2D eigenvalue weighted by Gasteiger charge is -2.02. The molecule has 0 aliphatic rings. The lowest BCUT2D eigenvalue weighted by Crippen LogP contribution is -2.05. The van der Waals surface area contributed by atoms with Gasteiger partial charge in [-0.1, -0.05) is 18.2 Å². The van der Waals surface area contributed by atoms with Crippen molar-refractivity contribution >= 4 is 61.2 Å². The Bertz CT molecular complexity index is 1020. The number of H-pyrrole nitrogens is 1. The number of hydrogen-bond acceptors (Lipinski definition) is 5. The number of nitrogens with one attached hydrogen (secondary N) is 2. The van der Waals surface area contributed by atoms with E-state index in [4.69, 9.17) is 12.2 Å². The number of benzene rings is 2. The predicted molar refractivity (Wildman–Crippen MR) is 101 cm³/mol. The van der Waals surface area contributed by atoms with E-state index < -0.39 is 4.92 Å². The zero-order valence-electron chi connectivity index (χ0n) is 12.4. The summed E-state index contributed by atoms with van der Waals surface area (Å²) in [4.78, 5) is 13.1. The maximum absolute atomic E-state index is 10.8. The van der Waals surface area contributed by atoms with Gasteiger partial charge in [-0.15, -0.1) is 10.2 Å². The third kappa shape index (κ3) is 3.64. The number of fused-ring (bicyclic) bond motifs is 1. The molecule has 1 aromatic heterocycles. The molecule has 0 bridgehead atoms. The largest absolute Gasteiger partial charge is 0.493 e. The topological polar surface area (TPSA) is 116 Å². The molecule has 3 N–H and O–H groups in total. The first-order chi connectivity index (χ1) is 12.0. The smallest absolute Gasteiger partial charge is 0.271 e. The molecule has 0 aliphatic carbocycles. The summed E-state index contributed by atoms with van der Waals surface area (Å²) in [5, 5.41) is 32.0. The van der Waals surface area contributed by atoms with Gasteiger partial charge in [-0.05, 0) is 40.3 Å². The van der Waals surface area contributed by atoms with E-state index in [0.29, 0.717) is 16.6 Å². The lowest BCUT2D eigenvalue weighted by atomic mass is 10.2. The number of azo groups is 1. The van der Waals surface area contributed by atoms with Crippen LogP contribution in [0.15, 0.2) is 57.2 Å². The first kappa shape index (κ1) is 17.0. The number of anilines is 1. The van der Waals surface area contributed by atoms with Crippen LogP contribution < -0.4 is 5.32 Å². The minimum Gasteiger partial charge on any atom is -0.493 e. The van der Waals surface area contributed by atoms with Gasteiger partial charge in [0.15, 0.2) is 5.69 Å². The number of aromatic hydroxyl groups is 1. The number of aromatic amines is 1. The fourth-order valence-electron chi connectivity index (χ4n) is 2.20. The second-order valence-corrected chi connectivity index (χ2v) is 6.16. The van der Waals surface area contributed by atoms with Gasteiger partial charge in [0, 0.05) is 27.7 Å². The maximum atomic E-state index is 10.8. The van der Waals surface area contributed by atoms with Crippen molar-refractivity contribution in [3.05, 3.63) is 57.1 Å². The van der Waals surface area contributed by atoms with Gasteiger partial charge < -0.3 is 15.4 Å². The summed E-state index contributed by atoms with van der Waals surface area (Å²) in [6.45, 7) is 0. The second-order valence-electron chi connectivity index (χ2n) is 4.92. The molecule has 3 aromatic rings. The first-order valence-electron chi connectivity index (χ1n) is 6.92. The van der Waals surface area contributed by atoms with E-state index in [0.717, 1.165) is 4.47 Å². The molecule has 0 unspecified atom stereocenters. The van der Waals surface area contributed by atoms with Crippen LogP contribution >= 0.6 is 28.1 Å². The summed E-state index contributed by atoms with van der Waals surface area (Å²) in [5.41, 5.74) is 1.29. The number of para-hydroxylation sites is 1. The van der Waals surface area contributed by atoms with E-state index in [2.05, 4.69) is 36.5 Å². The monoisotopic (exact) mass is 419 g/mol. The molecule has 126 valence electrons. The normalized spacial score (nSPS) is 11.1. The molecule has 3 rings (SSSR count). The molecule has 0 spiro atoms. The van der Waals surface area contributed by atoms with E-state index in [9.17, 15) is 15.2 Å². The molecule has 0 radical (unpaired) electrons. The molecular weight excluding hydrogens is 410 g/mol. The molecule has 0 fully saturated rings. The van der Waals surface area contributed by atoms with Crippen molar-refractivity contribution < 1.29 is 10.0 Å². The third-order valence-electron chi connectivity index (χ3n) is 3.29. The van der Waals surface area contributed by atoms with Crippen molar-refractivity contribution in [2.45, 2.75) is 0 Å². The van der Waals surface area contributed by atoms with Crippen LogP contribution in [0.1, 0.15) is 0 Å². The van der Waals surface area contributed by atoms with Crippen molar-refractivity contribution in [1.82, 2.24) is 4.98 Å². The van der Waals surface area contributed by atoms with Crippen molar-refractivity contribution in [1.29, 1.82) is 0 Å². The molecule has 1 heterocycles. The third-order valence-corrected chi connectivity index (χ3v) is 4.13. The first-order valence-corrected chi connectivity index (χ1v) is 8.12. The van der Waals surface area contributed by atoms with Crippen LogP contribution in [0.3, 0.4) is 0 Å². The van der Waals surface area contributed by atoms with E-state index in [1.807, 2.05) is 6.07 Å². The number of non-ortho nitro benzene ring substituents is 1. The molecule has 0 saturated carbocycles. The Morgan fingerprint density at radius 1 is 1.32 bits per heavy atom. The van der Waals surface area contributed by atoms with E-state index in [-0.39, 0.29) is 22.4 Å². The Balaban J connectivity index is 1.82. The minimum absolute atomic E-state index is 0.00393. The molecule has 0 aliphatic heterocycles. The Morgan fingerprint density at radius 3 is 2.84 bits per heavy atom. The number of halogens is 1. The van der Waals surface area contributed by atoms with Gasteiger partial charge in [0.05, 0.1) is 10.4 Å². The number of nitro benzene ring substituents is 1. The van der Waals surface area contributed by atoms with Crippen LogP contribution in [0.25, 0.3) is 10.9 Å². The van der Waals surface area contributed by atoms with Gasteiger partial charge in [-0.25, -0.2) is 0 Å². The fourth-order valence-corrected chi connectivity index (χ4v) is 2.82. The van der Waals surface area contributed by atoms with Gasteiger partial charge in [-0.2, -0.15) is 0 Å². The van der Waals surface area contributed by atoms with Crippen LogP contribution in [0.4, 0.5) is 17.1 Å². The average molecular weight is 420 g/mol. The van der Waals surface area contributed by atoms with E-state index >= 15 is 0 Å². The molecule has 10 heteroatoms. The van der Waals surface area contributed by atoms with Crippen LogP contribution in [0.5, 0.6) is 5.88 Å². The highest BCUT2D eigenvalue weighted by Crippen LogP contribution is 2.38. The highest BCUT2D eigenvalue weighted by molar-refractivity contribution is 9.10. The lowest BCUT2D eigenvalue weighted by molar-refractivity contribution is -0.384. The molecule has 0 amide bonds. The fraction of sp³-hybridized carbons (Fsp3) is 0. The van der Waals surface area contributed by atoms with Crippen LogP contribution in [0, 0.1) is 10.1 Å². The van der Waals surface area contributed by atoms with Gasteiger partial charge in [0.2, 0.25) is 11.0 Å². The minimum atomic E-state index is -0.502. The molecule has 2 aromatic carbocycles. The van der Waals surface area contributed by atoms with Crippen molar-refractivity contribution in [3.8, 4) is 5.88 Å². The van der Waals surface area contributed by atoms with Crippen LogP contribution in [0.2, 0.25) is 0 Å². The molecule has 0 atom stereocenters. The quantitative estimate of drug-likeness (QED) is 0.238. The number of thiocarbonyl (C=S) groups is 1. The highest BCUT2D eigenvalue weighted by Gasteiger charge is 2.12. The number of hydrogen-bond donors (Lipinski definition) is 3.